The molecule has 1 radical (unpaired) electrons. The molecule has 0 saturated heterocycles. The smallest absolute Gasteiger partial charge is 0.226 e. The Morgan fingerprint density at radius 3 is 0.844 bits per heavy atom. The molecule has 0 aliphatic heterocycles. The maximum absolute atomic E-state index is 13.0. The topological polar surface area (TPSA) is 102 Å². The van der Waals surface area contributed by atoms with Crippen molar-refractivity contribution in [3.8, 4) is 0 Å². The first-order valence-corrected chi connectivity index (χ1v) is 17.3. The zero-order valence-corrected chi connectivity index (χ0v) is 25.4. The van der Waals surface area contributed by atoms with Gasteiger partial charge in [-0.25, -0.2) is 25.3 Å². The minimum Gasteiger partial charge on any atom is -0.226 e. The van der Waals surface area contributed by atoms with Crippen LogP contribution in [0, 0.1) is 0 Å². The van der Waals surface area contributed by atoms with Crippen molar-refractivity contribution in [3.05, 3.63) is 0 Å². The summed E-state index contributed by atoms with van der Waals surface area (Å²) in [5.41, 5.74) is 0. The predicted octanol–water partition coefficient (Wildman–Crippen LogP) is 5.04. The maximum atomic E-state index is 13.0. The normalized spacial score (nSPS) is 12.8. The van der Waals surface area contributed by atoms with E-state index in [2.05, 4.69) is 0 Å². The van der Waals surface area contributed by atoms with Crippen LogP contribution >= 0.6 is 0 Å². The molecule has 0 fully saturated rings. The van der Waals surface area contributed by atoms with Gasteiger partial charge in [-0.15, -0.1) is 0 Å². The Bertz CT molecular complexity index is 657. The minimum atomic E-state index is -4.30. The fourth-order valence-corrected chi connectivity index (χ4v) is 13.2. The minimum absolute atomic E-state index is 0. The van der Waals surface area contributed by atoms with Gasteiger partial charge < -0.3 is 0 Å². The zero-order chi connectivity index (χ0) is 23.8. The molecule has 0 aromatic rings. The van der Waals surface area contributed by atoms with Crippen LogP contribution in [0.5, 0.6) is 0 Å². The third kappa shape index (κ3) is 15.0. The molecule has 0 aromatic heterocycles. The van der Waals surface area contributed by atoms with Gasteiger partial charge in [-0.2, -0.15) is 0 Å². The van der Waals surface area contributed by atoms with E-state index in [4.69, 9.17) is 0 Å². The molecule has 0 rings (SSSR count). The van der Waals surface area contributed by atoms with Crippen LogP contribution in [0.1, 0.15) is 117 Å². The Morgan fingerprint density at radius 1 is 0.406 bits per heavy atom. The van der Waals surface area contributed by atoms with Crippen LogP contribution in [0.3, 0.4) is 0 Å². The number of rotatable bonds is 21. The second kappa shape index (κ2) is 19.1. The Labute approximate surface area is 221 Å². The third-order valence-electron chi connectivity index (χ3n) is 5.48. The first-order valence-electron chi connectivity index (χ1n) is 12.2. The van der Waals surface area contributed by atoms with Crippen LogP contribution < -0.4 is 0 Å². The summed E-state index contributed by atoms with van der Waals surface area (Å²) in [6.45, 7) is 6.15. The Hall–Kier alpha value is 0.850. The second-order valence-corrected chi connectivity index (χ2v) is 16.1. The van der Waals surface area contributed by atoms with E-state index in [0.717, 1.165) is 57.8 Å². The summed E-state index contributed by atoms with van der Waals surface area (Å²) >= 11 is 0. The molecule has 32 heavy (non-hydrogen) atoms. The van der Waals surface area contributed by atoms with Crippen LogP contribution in [0.4, 0.5) is 0 Å². The van der Waals surface area contributed by atoms with E-state index < -0.39 is 33.4 Å². The van der Waals surface area contributed by atoms with E-state index in [1.54, 1.807) is 0 Å². The van der Waals surface area contributed by atoms with Gasteiger partial charge in [-0.05, 0) is 19.3 Å². The summed E-state index contributed by atoms with van der Waals surface area (Å²) < 4.78 is 75.5. The van der Waals surface area contributed by atoms with E-state index in [-0.39, 0.29) is 46.8 Å². The molecule has 0 N–H and O–H groups in total. The first kappa shape index (κ1) is 35.0. The number of hydrogen-bond donors (Lipinski definition) is 0. The van der Waals surface area contributed by atoms with Gasteiger partial charge in [0.15, 0.2) is 29.5 Å². The third-order valence-corrected chi connectivity index (χ3v) is 15.1. The Morgan fingerprint density at radius 2 is 0.625 bits per heavy atom. The van der Waals surface area contributed by atoms with E-state index in [1.807, 2.05) is 20.8 Å². The van der Waals surface area contributed by atoms with Crippen molar-refractivity contribution in [2.24, 2.45) is 0 Å². The van der Waals surface area contributed by atoms with Crippen LogP contribution in [-0.2, 0) is 29.5 Å². The van der Waals surface area contributed by atoms with Crippen LogP contribution in [0.2, 0.25) is 0 Å². The van der Waals surface area contributed by atoms with Crippen molar-refractivity contribution in [2.45, 2.75) is 121 Å². The van der Waals surface area contributed by atoms with Crippen molar-refractivity contribution >= 4 is 59.1 Å². The quantitative estimate of drug-likeness (QED) is 0.154. The van der Waals surface area contributed by atoms with E-state index in [9.17, 15) is 25.3 Å². The van der Waals surface area contributed by atoms with Gasteiger partial charge in [0.1, 0.15) is 0 Å². The number of sulfone groups is 3. The Balaban J connectivity index is 0. The molecular weight excluding hydrogens is 479 g/mol. The fraction of sp³-hybridized carbons (Fsp3) is 1.00. The van der Waals surface area contributed by atoms with Crippen molar-refractivity contribution in [3.63, 3.8) is 0 Å². The second-order valence-electron chi connectivity index (χ2n) is 8.63. The zero-order valence-electron chi connectivity index (χ0n) is 21.0. The van der Waals surface area contributed by atoms with Crippen LogP contribution in [0.25, 0.3) is 0 Å². The van der Waals surface area contributed by atoms with E-state index >= 15 is 0 Å². The molecule has 0 atom stereocenters. The molecule has 0 aliphatic carbocycles. The molecule has 10 heteroatoms. The van der Waals surface area contributed by atoms with Crippen LogP contribution in [-0.4, -0.2) is 76.0 Å². The molecule has 0 heterocycles. The molecule has 189 valence electrons. The summed E-state index contributed by atoms with van der Waals surface area (Å²) in [5.74, 6) is -1.15. The summed E-state index contributed by atoms with van der Waals surface area (Å²) in [6, 6.07) is 0. The SMILES string of the molecule is CCCCCCCS(=O)(=O)C(S(=O)(=O)CCCCCCC)S(=O)(=O)CCCCCCC.[Na]. The molecule has 0 saturated carbocycles. The molecule has 0 amide bonds. The van der Waals surface area contributed by atoms with E-state index in [0.29, 0.717) is 38.5 Å². The number of hydrogen-bond acceptors (Lipinski definition) is 6. The van der Waals surface area contributed by atoms with Gasteiger partial charge in [0.05, 0.1) is 17.3 Å². The standard InChI is InChI=1S/C22H46O6S3.Na/c1-4-7-10-13-16-19-29(23,24)22(30(25,26)20-17-14-11-8-5-2)31(27,28)21-18-15-12-9-6-3;/h22H,4-21H2,1-3H3;. The average Bonchev–Trinajstić information content (AvgIpc) is 2.66. The van der Waals surface area contributed by atoms with Gasteiger partial charge >= 0.3 is 0 Å². The van der Waals surface area contributed by atoms with Crippen LogP contribution in [0.15, 0.2) is 0 Å². The van der Waals surface area contributed by atoms with E-state index in [1.165, 1.54) is 0 Å². The molecule has 0 aromatic carbocycles. The summed E-state index contributed by atoms with van der Waals surface area (Å²) in [7, 11) is -12.9. The first-order chi connectivity index (χ1) is 14.5. The molecular formula is C22H46NaO6S3. The molecule has 6 nitrogen and oxygen atoms in total. The maximum Gasteiger partial charge on any atom is 0.262 e. The summed E-state index contributed by atoms with van der Waals surface area (Å²) in [4.78, 5) is 0. The fourth-order valence-electron chi connectivity index (χ4n) is 3.68. The summed E-state index contributed by atoms with van der Waals surface area (Å²) in [5, 5.41) is 0. The molecule has 0 aliphatic rings. The van der Waals surface area contributed by atoms with Gasteiger partial charge in [0, 0.05) is 29.6 Å². The summed E-state index contributed by atoms with van der Waals surface area (Å²) in [6.07, 6.45) is 11.5. The van der Waals surface area contributed by atoms with Crippen molar-refractivity contribution < 1.29 is 25.3 Å². The largest absolute Gasteiger partial charge is 0.262 e. The monoisotopic (exact) mass is 525 g/mol. The predicted molar refractivity (Wildman–Crippen MR) is 137 cm³/mol. The molecule has 0 spiro atoms. The molecule has 0 unspecified atom stereocenters. The Kier molecular flexibility index (Phi) is 20.9. The van der Waals surface area contributed by atoms with Gasteiger partial charge in [0.2, 0.25) is 0 Å². The molecule has 0 bridgehead atoms. The number of unbranched alkanes of at least 4 members (excludes halogenated alkanes) is 12. The van der Waals surface area contributed by atoms with Crippen molar-refractivity contribution in [1.82, 2.24) is 0 Å². The van der Waals surface area contributed by atoms with Gasteiger partial charge in [-0.3, -0.25) is 0 Å². The van der Waals surface area contributed by atoms with Gasteiger partial charge in [0.25, 0.3) is 3.91 Å². The van der Waals surface area contributed by atoms with Gasteiger partial charge in [-0.1, -0.05) is 97.8 Å². The van der Waals surface area contributed by atoms with Crippen molar-refractivity contribution in [2.75, 3.05) is 17.3 Å². The average molecular weight is 526 g/mol. The van der Waals surface area contributed by atoms with Crippen molar-refractivity contribution in [1.29, 1.82) is 0 Å².